The lowest BCUT2D eigenvalue weighted by Gasteiger charge is -2.33. The maximum absolute atomic E-state index is 12.6. The molecule has 2 aliphatic rings. The number of nitrogens with zero attached hydrogens (tertiary/aromatic N) is 5. The maximum atomic E-state index is 12.6. The van der Waals surface area contributed by atoms with Crippen LogP contribution >= 0.6 is 12.4 Å². The molecule has 2 saturated heterocycles. The fourth-order valence-electron chi connectivity index (χ4n) is 4.09. The predicted octanol–water partition coefficient (Wildman–Crippen LogP) is 2.04. The molecule has 1 atom stereocenters. The molecule has 0 spiro atoms. The summed E-state index contributed by atoms with van der Waals surface area (Å²) in [7, 11) is 0. The Balaban J connectivity index is 0.00000240. The maximum Gasteiger partial charge on any atom is 0.271 e. The normalized spacial score (nSPS) is 20.2. The van der Waals surface area contributed by atoms with Gasteiger partial charge in [-0.05, 0) is 52.1 Å². The molecule has 1 unspecified atom stereocenters. The van der Waals surface area contributed by atoms with Crippen molar-refractivity contribution in [1.82, 2.24) is 30.4 Å². The summed E-state index contributed by atoms with van der Waals surface area (Å²) in [6.07, 6.45) is 5.99. The third-order valence-electron chi connectivity index (χ3n) is 5.59. The SMILES string of the molecule is Cc1cc(N2CCC(NC(=O)c3ccn(C4CCCNC4)n3)CC2)nc(C)n1.Cl. The summed E-state index contributed by atoms with van der Waals surface area (Å²) in [6, 6.07) is 4.37. The Hall–Kier alpha value is -2.19. The van der Waals surface area contributed by atoms with Crippen LogP contribution in [0.5, 0.6) is 0 Å². The molecule has 4 rings (SSSR count). The van der Waals surface area contributed by atoms with E-state index in [4.69, 9.17) is 0 Å². The average Bonchev–Trinajstić information content (AvgIpc) is 3.19. The highest BCUT2D eigenvalue weighted by Gasteiger charge is 2.24. The highest BCUT2D eigenvalue weighted by Crippen LogP contribution is 2.19. The molecule has 4 heterocycles. The van der Waals surface area contributed by atoms with E-state index in [-0.39, 0.29) is 24.4 Å². The first-order valence-corrected chi connectivity index (χ1v) is 10.2. The first kappa shape index (κ1) is 21.5. The zero-order valence-corrected chi connectivity index (χ0v) is 17.9. The second-order valence-electron chi connectivity index (χ2n) is 7.83. The van der Waals surface area contributed by atoms with Crippen molar-refractivity contribution in [3.05, 3.63) is 35.5 Å². The summed E-state index contributed by atoms with van der Waals surface area (Å²) in [6.45, 7) is 7.66. The summed E-state index contributed by atoms with van der Waals surface area (Å²) in [5.74, 6) is 1.71. The number of nitrogens with one attached hydrogen (secondary N) is 2. The van der Waals surface area contributed by atoms with Crippen LogP contribution in [0.4, 0.5) is 5.82 Å². The molecule has 0 bridgehead atoms. The van der Waals surface area contributed by atoms with E-state index in [2.05, 4.69) is 30.6 Å². The molecule has 29 heavy (non-hydrogen) atoms. The van der Waals surface area contributed by atoms with Crippen LogP contribution in [0.3, 0.4) is 0 Å². The standard InChI is InChI=1S/C20H29N7O.ClH/c1-14-12-19(23-15(2)22-14)26-9-5-16(6-10-26)24-20(28)18-7-11-27(25-18)17-4-3-8-21-13-17;/h7,11-12,16-17,21H,3-6,8-10,13H2,1-2H3,(H,24,28);1H. The highest BCUT2D eigenvalue weighted by molar-refractivity contribution is 5.92. The molecule has 0 aromatic carbocycles. The first-order valence-electron chi connectivity index (χ1n) is 10.2. The molecule has 2 aliphatic heterocycles. The molecule has 8 nitrogen and oxygen atoms in total. The Morgan fingerprint density at radius 1 is 1.21 bits per heavy atom. The number of aryl methyl sites for hydroxylation is 2. The Morgan fingerprint density at radius 2 is 2.00 bits per heavy atom. The Bertz CT molecular complexity index is 806. The summed E-state index contributed by atoms with van der Waals surface area (Å²) in [5.41, 5.74) is 1.50. The minimum atomic E-state index is -0.0744. The quantitative estimate of drug-likeness (QED) is 0.788. The number of hydrogen-bond acceptors (Lipinski definition) is 6. The zero-order valence-electron chi connectivity index (χ0n) is 17.1. The van der Waals surface area contributed by atoms with Crippen molar-refractivity contribution in [2.75, 3.05) is 31.1 Å². The lowest BCUT2D eigenvalue weighted by atomic mass is 10.0. The molecule has 2 aromatic rings. The molecule has 0 saturated carbocycles. The molecule has 2 N–H and O–H groups in total. The topological polar surface area (TPSA) is 88.0 Å². The zero-order chi connectivity index (χ0) is 19.5. The smallest absolute Gasteiger partial charge is 0.271 e. The van der Waals surface area contributed by atoms with Crippen LogP contribution in [0, 0.1) is 13.8 Å². The Labute approximate surface area is 177 Å². The number of amides is 1. The Morgan fingerprint density at radius 3 is 2.69 bits per heavy atom. The van der Waals surface area contributed by atoms with E-state index in [1.165, 1.54) is 0 Å². The largest absolute Gasteiger partial charge is 0.356 e. The van der Waals surface area contributed by atoms with Gasteiger partial charge in [-0.3, -0.25) is 9.48 Å². The van der Waals surface area contributed by atoms with Crippen molar-refractivity contribution in [3.63, 3.8) is 0 Å². The van der Waals surface area contributed by atoms with E-state index >= 15 is 0 Å². The number of hydrogen-bond donors (Lipinski definition) is 2. The van der Waals surface area contributed by atoms with Crippen LogP contribution in [-0.4, -0.2) is 57.9 Å². The minimum Gasteiger partial charge on any atom is -0.356 e. The molecule has 0 radical (unpaired) electrons. The van der Waals surface area contributed by atoms with Crippen molar-refractivity contribution in [3.8, 4) is 0 Å². The van der Waals surface area contributed by atoms with Gasteiger partial charge in [0.05, 0.1) is 6.04 Å². The van der Waals surface area contributed by atoms with Crippen LogP contribution < -0.4 is 15.5 Å². The first-order chi connectivity index (χ1) is 13.6. The van der Waals surface area contributed by atoms with Crippen LogP contribution in [-0.2, 0) is 0 Å². The minimum absolute atomic E-state index is 0. The van der Waals surface area contributed by atoms with Gasteiger partial charge in [0.2, 0.25) is 0 Å². The average molecular weight is 420 g/mol. The van der Waals surface area contributed by atoms with Gasteiger partial charge in [-0.15, -0.1) is 12.4 Å². The van der Waals surface area contributed by atoms with Gasteiger partial charge in [-0.2, -0.15) is 5.10 Å². The molecule has 2 aromatic heterocycles. The third kappa shape index (κ3) is 5.25. The number of carbonyl (C=O) groups excluding carboxylic acids is 1. The van der Waals surface area contributed by atoms with Gasteiger partial charge < -0.3 is 15.5 Å². The van der Waals surface area contributed by atoms with Crippen LogP contribution in [0.1, 0.15) is 53.7 Å². The van der Waals surface area contributed by atoms with E-state index < -0.39 is 0 Å². The molecule has 1 amide bonds. The fourth-order valence-corrected chi connectivity index (χ4v) is 4.09. The van der Waals surface area contributed by atoms with Gasteiger partial charge in [-0.25, -0.2) is 9.97 Å². The van der Waals surface area contributed by atoms with Gasteiger partial charge in [0.15, 0.2) is 0 Å². The fraction of sp³-hybridized carbons (Fsp3) is 0.600. The number of halogens is 1. The number of carbonyl (C=O) groups is 1. The van der Waals surface area contributed by atoms with Crippen LogP contribution in [0.25, 0.3) is 0 Å². The van der Waals surface area contributed by atoms with Crippen LogP contribution in [0.2, 0.25) is 0 Å². The highest BCUT2D eigenvalue weighted by atomic mass is 35.5. The van der Waals surface area contributed by atoms with E-state index in [1.54, 1.807) is 0 Å². The van der Waals surface area contributed by atoms with Gasteiger partial charge in [0, 0.05) is 43.6 Å². The molecule has 9 heteroatoms. The summed E-state index contributed by atoms with van der Waals surface area (Å²) in [5, 5.41) is 11.1. The van der Waals surface area contributed by atoms with E-state index in [0.29, 0.717) is 11.7 Å². The van der Waals surface area contributed by atoms with Gasteiger partial charge in [-0.1, -0.05) is 0 Å². The predicted molar refractivity (Wildman–Crippen MR) is 115 cm³/mol. The molecular weight excluding hydrogens is 390 g/mol. The second-order valence-corrected chi connectivity index (χ2v) is 7.83. The third-order valence-corrected chi connectivity index (χ3v) is 5.59. The summed E-state index contributed by atoms with van der Waals surface area (Å²) < 4.78 is 1.93. The van der Waals surface area contributed by atoms with Gasteiger partial charge in [0.1, 0.15) is 17.3 Å². The number of rotatable bonds is 4. The number of piperidine rings is 2. The van der Waals surface area contributed by atoms with Crippen molar-refractivity contribution in [2.45, 2.75) is 51.6 Å². The lowest BCUT2D eigenvalue weighted by molar-refractivity contribution is 0.0924. The molecule has 158 valence electrons. The number of anilines is 1. The van der Waals surface area contributed by atoms with Crippen molar-refractivity contribution < 1.29 is 4.79 Å². The van der Waals surface area contributed by atoms with E-state index in [1.807, 2.05) is 36.9 Å². The van der Waals surface area contributed by atoms with E-state index in [0.717, 1.165) is 69.2 Å². The van der Waals surface area contributed by atoms with E-state index in [9.17, 15) is 4.79 Å². The summed E-state index contributed by atoms with van der Waals surface area (Å²) >= 11 is 0. The second kappa shape index (κ2) is 9.54. The van der Waals surface area contributed by atoms with Crippen molar-refractivity contribution >= 4 is 24.1 Å². The molecule has 0 aliphatic carbocycles. The van der Waals surface area contributed by atoms with Crippen molar-refractivity contribution in [1.29, 1.82) is 0 Å². The Kier molecular flexibility index (Phi) is 7.08. The summed E-state index contributed by atoms with van der Waals surface area (Å²) in [4.78, 5) is 23.8. The number of aromatic nitrogens is 4. The molecular formula is C20H30ClN7O. The lowest BCUT2D eigenvalue weighted by Crippen LogP contribution is -2.45. The monoisotopic (exact) mass is 419 g/mol. The van der Waals surface area contributed by atoms with Gasteiger partial charge in [0.25, 0.3) is 5.91 Å². The van der Waals surface area contributed by atoms with Crippen molar-refractivity contribution in [2.24, 2.45) is 0 Å². The molecule has 2 fully saturated rings. The van der Waals surface area contributed by atoms with Gasteiger partial charge >= 0.3 is 0 Å². The van der Waals surface area contributed by atoms with Crippen LogP contribution in [0.15, 0.2) is 18.3 Å².